The Labute approximate surface area is 84.3 Å². The van der Waals surface area contributed by atoms with Crippen LogP contribution < -0.4 is 5.32 Å². The molecule has 80 valence electrons. The number of carbonyl (C=O) groups excluding carboxylic acids is 1. The quantitative estimate of drug-likeness (QED) is 0.609. The van der Waals surface area contributed by atoms with E-state index in [0.29, 0.717) is 13.1 Å². The van der Waals surface area contributed by atoms with Crippen LogP contribution in [0.2, 0.25) is 0 Å². The van der Waals surface area contributed by atoms with E-state index in [9.17, 15) is 9.90 Å². The SMILES string of the molecule is CC1(C(=O)N2CC[C@@H](O)C2)CCCN1. The molecule has 0 bridgehead atoms. The maximum Gasteiger partial charge on any atom is 0.242 e. The van der Waals surface area contributed by atoms with Gasteiger partial charge in [0.25, 0.3) is 0 Å². The molecule has 0 radical (unpaired) electrons. The molecule has 0 aromatic heterocycles. The number of nitrogens with one attached hydrogen (secondary N) is 1. The predicted octanol–water partition coefficient (Wildman–Crippen LogP) is -0.278. The molecular formula is C10H18N2O2. The normalized spacial score (nSPS) is 37.9. The Morgan fingerprint density at radius 3 is 2.93 bits per heavy atom. The van der Waals surface area contributed by atoms with Crippen LogP contribution in [-0.4, -0.2) is 47.2 Å². The Bertz CT molecular complexity index is 236. The van der Waals surface area contributed by atoms with Crippen LogP contribution in [0.15, 0.2) is 0 Å². The van der Waals surface area contributed by atoms with Crippen molar-refractivity contribution >= 4 is 5.91 Å². The highest BCUT2D eigenvalue weighted by Gasteiger charge is 2.40. The van der Waals surface area contributed by atoms with Crippen molar-refractivity contribution in [2.75, 3.05) is 19.6 Å². The number of β-amino-alcohol motifs (C(OH)–C–C–N with tert-alkyl or cyclic N) is 1. The standard InChI is InChI=1S/C10H18N2O2/c1-10(4-2-5-11-10)9(14)12-6-3-8(13)7-12/h8,11,13H,2-7H2,1H3/t8-,10?/m1/s1. The van der Waals surface area contributed by atoms with E-state index >= 15 is 0 Å². The second-order valence-corrected chi connectivity index (χ2v) is 4.56. The van der Waals surface area contributed by atoms with E-state index in [0.717, 1.165) is 25.8 Å². The van der Waals surface area contributed by atoms with Gasteiger partial charge < -0.3 is 15.3 Å². The molecule has 0 aromatic carbocycles. The zero-order chi connectivity index (χ0) is 10.2. The Hall–Kier alpha value is -0.610. The molecule has 2 rings (SSSR count). The number of aliphatic hydroxyl groups is 1. The lowest BCUT2D eigenvalue weighted by Crippen LogP contribution is -2.52. The molecule has 4 nitrogen and oxygen atoms in total. The summed E-state index contributed by atoms with van der Waals surface area (Å²) in [6.07, 6.45) is 2.39. The molecule has 2 aliphatic heterocycles. The van der Waals surface area contributed by atoms with Crippen LogP contribution in [0.5, 0.6) is 0 Å². The number of rotatable bonds is 1. The van der Waals surface area contributed by atoms with Gasteiger partial charge in [-0.05, 0) is 32.7 Å². The molecular weight excluding hydrogens is 180 g/mol. The van der Waals surface area contributed by atoms with Gasteiger partial charge in [0.1, 0.15) is 0 Å². The van der Waals surface area contributed by atoms with Crippen molar-refractivity contribution in [2.24, 2.45) is 0 Å². The summed E-state index contributed by atoms with van der Waals surface area (Å²) in [6, 6.07) is 0. The third-order valence-electron chi connectivity index (χ3n) is 3.29. The fraction of sp³-hybridized carbons (Fsp3) is 0.900. The van der Waals surface area contributed by atoms with E-state index < -0.39 is 0 Å². The first-order valence-electron chi connectivity index (χ1n) is 5.34. The molecule has 2 aliphatic rings. The summed E-state index contributed by atoms with van der Waals surface area (Å²) in [7, 11) is 0. The van der Waals surface area contributed by atoms with Crippen LogP contribution in [0.4, 0.5) is 0 Å². The van der Waals surface area contributed by atoms with E-state index in [4.69, 9.17) is 0 Å². The van der Waals surface area contributed by atoms with Crippen molar-refractivity contribution in [3.05, 3.63) is 0 Å². The first-order valence-corrected chi connectivity index (χ1v) is 5.34. The largest absolute Gasteiger partial charge is 0.391 e. The summed E-state index contributed by atoms with van der Waals surface area (Å²) in [5.41, 5.74) is -0.371. The number of likely N-dealkylation sites (tertiary alicyclic amines) is 1. The third-order valence-corrected chi connectivity index (χ3v) is 3.29. The number of nitrogens with zero attached hydrogens (tertiary/aromatic N) is 1. The minimum atomic E-state index is -0.371. The van der Waals surface area contributed by atoms with Crippen LogP contribution >= 0.6 is 0 Å². The van der Waals surface area contributed by atoms with Crippen molar-refractivity contribution in [1.29, 1.82) is 0 Å². The fourth-order valence-corrected chi connectivity index (χ4v) is 2.35. The second-order valence-electron chi connectivity index (χ2n) is 4.56. The Balaban J connectivity index is 2.00. The lowest BCUT2D eigenvalue weighted by Gasteiger charge is -2.28. The molecule has 0 aromatic rings. The first-order chi connectivity index (χ1) is 6.62. The number of hydrogen-bond donors (Lipinski definition) is 2. The maximum absolute atomic E-state index is 12.1. The number of carbonyl (C=O) groups is 1. The molecule has 14 heavy (non-hydrogen) atoms. The molecule has 2 fully saturated rings. The minimum Gasteiger partial charge on any atom is -0.391 e. The lowest BCUT2D eigenvalue weighted by molar-refractivity contribution is -0.136. The molecule has 2 saturated heterocycles. The minimum absolute atomic E-state index is 0.159. The van der Waals surface area contributed by atoms with Crippen LogP contribution in [-0.2, 0) is 4.79 Å². The maximum atomic E-state index is 12.1. The van der Waals surface area contributed by atoms with Gasteiger partial charge in [0.2, 0.25) is 5.91 Å². The monoisotopic (exact) mass is 198 g/mol. The van der Waals surface area contributed by atoms with Gasteiger partial charge in [-0.3, -0.25) is 4.79 Å². The smallest absolute Gasteiger partial charge is 0.242 e. The topological polar surface area (TPSA) is 52.6 Å². The van der Waals surface area contributed by atoms with Crippen molar-refractivity contribution < 1.29 is 9.90 Å². The lowest BCUT2D eigenvalue weighted by atomic mass is 9.99. The van der Waals surface area contributed by atoms with E-state index in [-0.39, 0.29) is 17.6 Å². The van der Waals surface area contributed by atoms with E-state index in [2.05, 4.69) is 5.32 Å². The van der Waals surface area contributed by atoms with Gasteiger partial charge in [0, 0.05) is 13.1 Å². The van der Waals surface area contributed by atoms with Gasteiger partial charge in [-0.2, -0.15) is 0 Å². The molecule has 0 spiro atoms. The predicted molar refractivity (Wildman–Crippen MR) is 52.8 cm³/mol. The fourth-order valence-electron chi connectivity index (χ4n) is 2.35. The van der Waals surface area contributed by atoms with Crippen LogP contribution in [0.25, 0.3) is 0 Å². The average Bonchev–Trinajstić information content (AvgIpc) is 2.74. The average molecular weight is 198 g/mol. The molecule has 4 heteroatoms. The number of amides is 1. The summed E-state index contributed by atoms with van der Waals surface area (Å²) in [4.78, 5) is 13.8. The Morgan fingerprint density at radius 1 is 1.64 bits per heavy atom. The van der Waals surface area contributed by atoms with Crippen molar-refractivity contribution in [1.82, 2.24) is 10.2 Å². The Morgan fingerprint density at radius 2 is 2.43 bits per heavy atom. The highest BCUT2D eigenvalue weighted by Crippen LogP contribution is 2.23. The van der Waals surface area contributed by atoms with Crippen molar-refractivity contribution in [2.45, 2.75) is 37.8 Å². The van der Waals surface area contributed by atoms with E-state index in [1.807, 2.05) is 6.92 Å². The van der Waals surface area contributed by atoms with Gasteiger partial charge >= 0.3 is 0 Å². The van der Waals surface area contributed by atoms with Gasteiger partial charge in [0.15, 0.2) is 0 Å². The van der Waals surface area contributed by atoms with Gasteiger partial charge in [0.05, 0.1) is 11.6 Å². The molecule has 1 amide bonds. The third kappa shape index (κ3) is 1.64. The summed E-state index contributed by atoms with van der Waals surface area (Å²) < 4.78 is 0. The highest BCUT2D eigenvalue weighted by atomic mass is 16.3. The molecule has 0 saturated carbocycles. The van der Waals surface area contributed by atoms with Crippen LogP contribution in [0.1, 0.15) is 26.2 Å². The van der Waals surface area contributed by atoms with Crippen molar-refractivity contribution in [3.63, 3.8) is 0 Å². The van der Waals surface area contributed by atoms with Gasteiger partial charge in [-0.15, -0.1) is 0 Å². The highest BCUT2D eigenvalue weighted by molar-refractivity contribution is 5.86. The number of hydrogen-bond acceptors (Lipinski definition) is 3. The molecule has 2 N–H and O–H groups in total. The molecule has 0 aliphatic carbocycles. The molecule has 2 heterocycles. The summed E-state index contributed by atoms with van der Waals surface area (Å²) in [5, 5.41) is 12.6. The van der Waals surface area contributed by atoms with E-state index in [1.165, 1.54) is 0 Å². The second kappa shape index (κ2) is 3.51. The van der Waals surface area contributed by atoms with Crippen LogP contribution in [0, 0.1) is 0 Å². The Kier molecular flexibility index (Phi) is 2.49. The van der Waals surface area contributed by atoms with E-state index in [1.54, 1.807) is 4.90 Å². The van der Waals surface area contributed by atoms with Crippen molar-refractivity contribution in [3.8, 4) is 0 Å². The zero-order valence-corrected chi connectivity index (χ0v) is 8.62. The van der Waals surface area contributed by atoms with Crippen LogP contribution in [0.3, 0.4) is 0 Å². The first kappa shape index (κ1) is 9.93. The number of aliphatic hydroxyl groups excluding tert-OH is 1. The summed E-state index contributed by atoms with van der Waals surface area (Å²) in [5.74, 6) is 0.159. The van der Waals surface area contributed by atoms with Gasteiger partial charge in [-0.1, -0.05) is 0 Å². The summed E-state index contributed by atoms with van der Waals surface area (Å²) in [6.45, 7) is 4.11. The summed E-state index contributed by atoms with van der Waals surface area (Å²) >= 11 is 0. The zero-order valence-electron chi connectivity index (χ0n) is 8.62. The molecule has 1 unspecified atom stereocenters. The van der Waals surface area contributed by atoms with Gasteiger partial charge in [-0.25, -0.2) is 0 Å². The molecule has 2 atom stereocenters.